The average Bonchev–Trinajstić information content (AvgIpc) is 3.26. The van der Waals surface area contributed by atoms with Gasteiger partial charge in [-0.25, -0.2) is 9.97 Å². The molecular weight excluding hydrogens is 486 g/mol. The molecule has 0 atom stereocenters. The van der Waals surface area contributed by atoms with E-state index < -0.39 is 0 Å². The lowest BCUT2D eigenvalue weighted by atomic mass is 9.97. The van der Waals surface area contributed by atoms with E-state index in [0.29, 0.717) is 11.5 Å². The number of ether oxygens (including phenoxy) is 2. The second-order valence-electron chi connectivity index (χ2n) is 9.11. The second kappa shape index (κ2) is 11.0. The molecule has 0 aliphatic heterocycles. The van der Waals surface area contributed by atoms with Crippen molar-refractivity contribution in [2.75, 3.05) is 24.5 Å². The van der Waals surface area contributed by atoms with Crippen LogP contribution in [0.1, 0.15) is 40.0 Å². The third-order valence-corrected chi connectivity index (χ3v) is 7.39. The van der Waals surface area contributed by atoms with Crippen molar-refractivity contribution in [3.05, 3.63) is 69.9 Å². The Labute approximate surface area is 219 Å². The Kier molecular flexibility index (Phi) is 7.32. The number of hydrogen-bond donors (Lipinski definition) is 2. The molecule has 2 aromatic heterocycles. The highest BCUT2D eigenvalue weighted by molar-refractivity contribution is 7.19. The highest BCUT2D eigenvalue weighted by Gasteiger charge is 2.19. The molecule has 0 unspecified atom stereocenters. The molecule has 0 bridgehead atoms. The lowest BCUT2D eigenvalue weighted by Gasteiger charge is -2.12. The summed E-state index contributed by atoms with van der Waals surface area (Å²) in [5.41, 5.74) is 8.19. The van der Waals surface area contributed by atoms with Crippen LogP contribution in [0, 0.1) is 13.8 Å². The van der Waals surface area contributed by atoms with Crippen molar-refractivity contribution >= 4 is 45.2 Å². The van der Waals surface area contributed by atoms with E-state index in [0.717, 1.165) is 51.3 Å². The fourth-order valence-electron chi connectivity index (χ4n) is 4.61. The summed E-state index contributed by atoms with van der Waals surface area (Å²) >= 11 is 1.76. The number of methoxy groups -OCH3 is 1. The highest BCUT2D eigenvalue weighted by Crippen LogP contribution is 2.38. The van der Waals surface area contributed by atoms with Gasteiger partial charge in [-0.15, -0.1) is 11.3 Å². The number of carbonyl (C=O) groups is 1. The first kappa shape index (κ1) is 24.7. The van der Waals surface area contributed by atoms with E-state index in [1.807, 2.05) is 38.1 Å². The Hall–Kier alpha value is -3.98. The maximum atomic E-state index is 12.4. The van der Waals surface area contributed by atoms with Gasteiger partial charge in [-0.2, -0.15) is 5.10 Å². The van der Waals surface area contributed by atoms with Gasteiger partial charge in [0.1, 0.15) is 11.2 Å². The first-order valence-corrected chi connectivity index (χ1v) is 13.0. The summed E-state index contributed by atoms with van der Waals surface area (Å²) in [4.78, 5) is 23.7. The average molecular weight is 516 g/mol. The summed E-state index contributed by atoms with van der Waals surface area (Å²) in [5.74, 6) is 1.47. The van der Waals surface area contributed by atoms with Gasteiger partial charge in [-0.3, -0.25) is 10.2 Å². The zero-order valence-electron chi connectivity index (χ0n) is 21.1. The highest BCUT2D eigenvalue weighted by atomic mass is 32.1. The summed E-state index contributed by atoms with van der Waals surface area (Å²) in [5, 5.41) is 8.36. The second-order valence-corrected chi connectivity index (χ2v) is 10.2. The minimum absolute atomic E-state index is 0.132. The number of amides is 1. The molecule has 2 N–H and O–H groups in total. The van der Waals surface area contributed by atoms with Crippen molar-refractivity contribution in [2.45, 2.75) is 39.5 Å². The van der Waals surface area contributed by atoms with Crippen LogP contribution in [0.25, 0.3) is 10.2 Å². The monoisotopic (exact) mass is 515 g/mol. The van der Waals surface area contributed by atoms with Crippen LogP contribution in [0.4, 0.5) is 11.5 Å². The van der Waals surface area contributed by atoms with Crippen molar-refractivity contribution in [3.8, 4) is 11.5 Å². The van der Waals surface area contributed by atoms with Gasteiger partial charge in [-0.05, 0) is 92.1 Å². The van der Waals surface area contributed by atoms with Crippen LogP contribution in [0.5, 0.6) is 11.5 Å². The van der Waals surface area contributed by atoms with Gasteiger partial charge in [-0.1, -0.05) is 6.07 Å². The number of anilines is 2. The summed E-state index contributed by atoms with van der Waals surface area (Å²) in [7, 11) is 1.56. The van der Waals surface area contributed by atoms with Gasteiger partial charge in [0, 0.05) is 10.6 Å². The molecule has 8 nitrogen and oxygen atoms in total. The zero-order chi connectivity index (χ0) is 25.8. The number of nitrogens with one attached hydrogen (secondary N) is 2. The van der Waals surface area contributed by atoms with Crippen LogP contribution >= 0.6 is 11.3 Å². The quantitative estimate of drug-likeness (QED) is 0.232. The van der Waals surface area contributed by atoms with Crippen LogP contribution in [0.15, 0.2) is 47.8 Å². The number of aromatic nitrogens is 2. The topological polar surface area (TPSA) is 97.7 Å². The maximum absolute atomic E-state index is 12.4. The van der Waals surface area contributed by atoms with Gasteiger partial charge in [0.2, 0.25) is 0 Å². The minimum Gasteiger partial charge on any atom is -0.493 e. The fourth-order valence-corrected chi connectivity index (χ4v) is 5.84. The molecule has 0 saturated heterocycles. The molecule has 1 amide bonds. The molecule has 1 aliphatic carbocycles. The van der Waals surface area contributed by atoms with E-state index in [4.69, 9.17) is 9.47 Å². The molecule has 0 radical (unpaired) electrons. The molecule has 1 aliphatic rings. The maximum Gasteiger partial charge on any atom is 0.262 e. The van der Waals surface area contributed by atoms with E-state index >= 15 is 0 Å². The largest absolute Gasteiger partial charge is 0.493 e. The number of thiophene rings is 1. The normalized spacial score (nSPS) is 12.9. The zero-order valence-corrected chi connectivity index (χ0v) is 21.9. The van der Waals surface area contributed by atoms with E-state index in [9.17, 15) is 4.79 Å². The Balaban J connectivity index is 1.23. The number of benzene rings is 2. The molecule has 0 spiro atoms. The van der Waals surface area contributed by atoms with Gasteiger partial charge in [0.25, 0.3) is 5.91 Å². The number of rotatable bonds is 8. The van der Waals surface area contributed by atoms with Crippen LogP contribution < -0.4 is 20.2 Å². The van der Waals surface area contributed by atoms with Crippen molar-refractivity contribution in [3.63, 3.8) is 0 Å². The van der Waals surface area contributed by atoms with Crippen LogP contribution in [-0.4, -0.2) is 35.8 Å². The summed E-state index contributed by atoms with van der Waals surface area (Å²) in [6.45, 7) is 3.86. The van der Waals surface area contributed by atoms with Gasteiger partial charge >= 0.3 is 0 Å². The molecule has 37 heavy (non-hydrogen) atoms. The molecule has 190 valence electrons. The summed E-state index contributed by atoms with van der Waals surface area (Å²) in [6, 6.07) is 11.3. The van der Waals surface area contributed by atoms with Crippen molar-refractivity contribution in [1.82, 2.24) is 9.97 Å². The Morgan fingerprint density at radius 3 is 2.70 bits per heavy atom. The number of carbonyl (C=O) groups excluding carboxylic acids is 1. The number of hydrogen-bond acceptors (Lipinski definition) is 8. The van der Waals surface area contributed by atoms with Crippen LogP contribution in [0.2, 0.25) is 0 Å². The number of aryl methyl sites for hydroxylation is 4. The number of hydrazone groups is 1. The van der Waals surface area contributed by atoms with E-state index in [-0.39, 0.29) is 12.5 Å². The van der Waals surface area contributed by atoms with E-state index in [2.05, 4.69) is 31.9 Å². The predicted octanol–water partition coefficient (Wildman–Crippen LogP) is 5.66. The SMILES string of the molecule is COc1cc(C=NNc2ncnc3sc4c(c23)CCCC4)ccc1OCC(=O)Nc1cc(C)cc(C)c1. The van der Waals surface area contributed by atoms with Gasteiger partial charge in [0.05, 0.1) is 18.7 Å². The lowest BCUT2D eigenvalue weighted by molar-refractivity contribution is -0.118. The lowest BCUT2D eigenvalue weighted by Crippen LogP contribution is -2.20. The molecule has 0 saturated carbocycles. The van der Waals surface area contributed by atoms with Gasteiger partial charge < -0.3 is 14.8 Å². The smallest absolute Gasteiger partial charge is 0.262 e. The molecule has 9 heteroatoms. The molecule has 4 aromatic rings. The van der Waals surface area contributed by atoms with Crippen molar-refractivity contribution < 1.29 is 14.3 Å². The van der Waals surface area contributed by atoms with E-state index in [1.54, 1.807) is 37.1 Å². The molecule has 2 heterocycles. The summed E-state index contributed by atoms with van der Waals surface area (Å²) in [6.07, 6.45) is 7.87. The van der Waals surface area contributed by atoms with Crippen molar-refractivity contribution in [1.29, 1.82) is 0 Å². The Morgan fingerprint density at radius 1 is 1.08 bits per heavy atom. The Bertz CT molecular complexity index is 1460. The number of nitrogens with zero attached hydrogens (tertiary/aromatic N) is 3. The van der Waals surface area contributed by atoms with Crippen LogP contribution in [0.3, 0.4) is 0 Å². The Morgan fingerprint density at radius 2 is 1.89 bits per heavy atom. The predicted molar refractivity (Wildman–Crippen MR) is 148 cm³/mol. The minimum atomic E-state index is -0.242. The summed E-state index contributed by atoms with van der Waals surface area (Å²) < 4.78 is 11.2. The third kappa shape index (κ3) is 5.72. The fraction of sp³-hybridized carbons (Fsp3) is 0.286. The first-order chi connectivity index (χ1) is 18.0. The van der Waals surface area contributed by atoms with Gasteiger partial charge in [0.15, 0.2) is 23.9 Å². The third-order valence-electron chi connectivity index (χ3n) is 6.19. The molecule has 0 fully saturated rings. The number of fused-ring (bicyclic) bond motifs is 3. The first-order valence-electron chi connectivity index (χ1n) is 12.2. The molecule has 2 aromatic carbocycles. The van der Waals surface area contributed by atoms with Crippen LogP contribution in [-0.2, 0) is 17.6 Å². The van der Waals surface area contributed by atoms with Crippen molar-refractivity contribution in [2.24, 2.45) is 5.10 Å². The standard InChI is InChI=1S/C28H29N5O3S/c1-17-10-18(2)12-20(11-17)32-25(34)15-36-22-9-8-19(13-23(22)35-3)14-31-33-27-26-21-6-4-5-7-24(21)37-28(26)30-16-29-27/h8-14,16H,4-7,15H2,1-3H3,(H,32,34)(H,29,30,33). The van der Waals surface area contributed by atoms with E-state index in [1.165, 1.54) is 23.3 Å². The molecular formula is C28H29N5O3S. The molecule has 5 rings (SSSR count).